The van der Waals surface area contributed by atoms with E-state index in [0.29, 0.717) is 10.7 Å². The molecule has 0 bridgehead atoms. The first-order valence-electron chi connectivity index (χ1n) is 4.84. The maximum absolute atomic E-state index is 11.5. The highest BCUT2D eigenvalue weighted by Gasteiger charge is 2.05. The molecular formula is C10H12ClN5OS. The van der Waals surface area contributed by atoms with Crippen LogP contribution >= 0.6 is 23.4 Å². The number of hydrogen-bond donors (Lipinski definition) is 4. The van der Waals surface area contributed by atoms with Gasteiger partial charge < -0.3 is 16.8 Å². The summed E-state index contributed by atoms with van der Waals surface area (Å²) in [6.45, 7) is 0. The number of aliphatic imine (C=N–C) groups is 1. The average Bonchev–Trinajstić information content (AvgIpc) is 2.29. The standard InChI is InChI=1S/C10H12ClN5OS/c11-6-1-3-7(4-2-6)15-8(17)5-18-10(14)16-9(12)13/h1-4H,5H2,(H,15,17)(H5,12,13,14,16). The Labute approximate surface area is 113 Å². The molecule has 0 radical (unpaired) electrons. The summed E-state index contributed by atoms with van der Waals surface area (Å²) in [6, 6.07) is 6.72. The summed E-state index contributed by atoms with van der Waals surface area (Å²) in [5.74, 6) is -0.401. The van der Waals surface area contributed by atoms with Gasteiger partial charge in [0.25, 0.3) is 0 Å². The highest BCUT2D eigenvalue weighted by molar-refractivity contribution is 8.14. The number of guanidine groups is 1. The Balaban J connectivity index is 2.40. The van der Waals surface area contributed by atoms with Crippen LogP contribution in [0.25, 0.3) is 0 Å². The Morgan fingerprint density at radius 2 is 2.00 bits per heavy atom. The zero-order valence-electron chi connectivity index (χ0n) is 9.31. The maximum atomic E-state index is 11.5. The quantitative estimate of drug-likeness (QED) is 0.493. The molecule has 6 nitrogen and oxygen atoms in total. The first-order chi connectivity index (χ1) is 8.47. The molecule has 0 aliphatic rings. The summed E-state index contributed by atoms with van der Waals surface area (Å²) in [4.78, 5) is 15.0. The van der Waals surface area contributed by atoms with E-state index in [4.69, 9.17) is 28.5 Å². The summed E-state index contributed by atoms with van der Waals surface area (Å²) in [7, 11) is 0. The number of amides is 1. The van der Waals surface area contributed by atoms with Crippen molar-refractivity contribution in [2.75, 3.05) is 11.1 Å². The zero-order chi connectivity index (χ0) is 13.5. The Morgan fingerprint density at radius 3 is 2.56 bits per heavy atom. The van der Waals surface area contributed by atoms with E-state index in [2.05, 4.69) is 10.3 Å². The lowest BCUT2D eigenvalue weighted by Crippen LogP contribution is -2.24. The molecule has 0 aliphatic carbocycles. The van der Waals surface area contributed by atoms with Gasteiger partial charge >= 0.3 is 0 Å². The smallest absolute Gasteiger partial charge is 0.234 e. The van der Waals surface area contributed by atoms with Gasteiger partial charge in [-0.3, -0.25) is 10.2 Å². The van der Waals surface area contributed by atoms with Gasteiger partial charge in [-0.15, -0.1) is 0 Å². The summed E-state index contributed by atoms with van der Waals surface area (Å²) < 4.78 is 0. The van der Waals surface area contributed by atoms with Crippen LogP contribution < -0.4 is 16.8 Å². The van der Waals surface area contributed by atoms with Gasteiger partial charge in [0.2, 0.25) is 5.91 Å². The van der Waals surface area contributed by atoms with E-state index in [-0.39, 0.29) is 22.8 Å². The molecule has 0 heterocycles. The number of carbonyl (C=O) groups is 1. The van der Waals surface area contributed by atoms with Crippen molar-refractivity contribution >= 4 is 46.1 Å². The van der Waals surface area contributed by atoms with Crippen LogP contribution in [0.4, 0.5) is 5.69 Å². The van der Waals surface area contributed by atoms with Gasteiger partial charge in [-0.05, 0) is 24.3 Å². The predicted octanol–water partition coefficient (Wildman–Crippen LogP) is 1.22. The van der Waals surface area contributed by atoms with Crippen LogP contribution in [-0.4, -0.2) is 22.8 Å². The Hall–Kier alpha value is -1.73. The summed E-state index contributed by atoms with van der Waals surface area (Å²) in [6.07, 6.45) is 0. The second-order valence-corrected chi connectivity index (χ2v) is 4.59. The molecule has 1 rings (SSSR count). The van der Waals surface area contributed by atoms with Gasteiger partial charge in [0.15, 0.2) is 11.1 Å². The molecule has 0 unspecified atom stereocenters. The van der Waals surface area contributed by atoms with Crippen molar-refractivity contribution in [2.45, 2.75) is 0 Å². The minimum atomic E-state index is -0.252. The second kappa shape index (κ2) is 6.87. The Kier molecular flexibility index (Phi) is 5.47. The first kappa shape index (κ1) is 14.3. The van der Waals surface area contributed by atoms with Crippen LogP contribution in [0, 0.1) is 5.41 Å². The van der Waals surface area contributed by atoms with Crippen molar-refractivity contribution in [2.24, 2.45) is 16.5 Å². The third-order valence-electron chi connectivity index (χ3n) is 1.70. The van der Waals surface area contributed by atoms with E-state index in [1.807, 2.05) is 0 Å². The molecule has 96 valence electrons. The number of rotatable bonds is 3. The van der Waals surface area contributed by atoms with Crippen molar-refractivity contribution in [3.05, 3.63) is 29.3 Å². The summed E-state index contributed by atoms with van der Waals surface area (Å²) in [5, 5.41) is 10.5. The third-order valence-corrected chi connectivity index (χ3v) is 2.72. The Morgan fingerprint density at radius 1 is 1.39 bits per heavy atom. The largest absolute Gasteiger partial charge is 0.370 e. The average molecular weight is 286 g/mol. The van der Waals surface area contributed by atoms with Crippen molar-refractivity contribution in [1.29, 1.82) is 5.41 Å². The minimum absolute atomic E-state index is 0.0538. The van der Waals surface area contributed by atoms with Crippen molar-refractivity contribution in [3.63, 3.8) is 0 Å². The molecule has 1 amide bonds. The number of nitrogens with two attached hydrogens (primary N) is 2. The van der Waals surface area contributed by atoms with Crippen LogP contribution in [0.15, 0.2) is 29.3 Å². The molecular weight excluding hydrogens is 274 g/mol. The molecule has 0 aromatic heterocycles. The van der Waals surface area contributed by atoms with E-state index in [9.17, 15) is 4.79 Å². The number of halogens is 1. The fourth-order valence-electron chi connectivity index (χ4n) is 1.01. The van der Waals surface area contributed by atoms with Crippen molar-refractivity contribution in [1.82, 2.24) is 0 Å². The molecule has 0 aliphatic heterocycles. The lowest BCUT2D eigenvalue weighted by Gasteiger charge is -2.04. The predicted molar refractivity (Wildman–Crippen MR) is 76.1 cm³/mol. The van der Waals surface area contributed by atoms with E-state index in [0.717, 1.165) is 11.8 Å². The third kappa shape index (κ3) is 5.55. The molecule has 0 saturated carbocycles. The van der Waals surface area contributed by atoms with Crippen LogP contribution in [0.3, 0.4) is 0 Å². The number of nitrogens with zero attached hydrogens (tertiary/aromatic N) is 1. The zero-order valence-corrected chi connectivity index (χ0v) is 10.9. The van der Waals surface area contributed by atoms with Crippen LogP contribution in [-0.2, 0) is 4.79 Å². The molecule has 1 aromatic rings. The molecule has 8 heteroatoms. The molecule has 0 spiro atoms. The normalized spacial score (nSPS) is 9.61. The Bertz CT molecular complexity index is 470. The monoisotopic (exact) mass is 285 g/mol. The number of amidine groups is 1. The molecule has 6 N–H and O–H groups in total. The highest BCUT2D eigenvalue weighted by atomic mass is 35.5. The highest BCUT2D eigenvalue weighted by Crippen LogP contribution is 2.14. The van der Waals surface area contributed by atoms with Gasteiger partial charge in [-0.2, -0.15) is 4.99 Å². The molecule has 18 heavy (non-hydrogen) atoms. The number of hydrogen-bond acceptors (Lipinski definition) is 3. The van der Waals surface area contributed by atoms with Crippen LogP contribution in [0.5, 0.6) is 0 Å². The van der Waals surface area contributed by atoms with Gasteiger partial charge in [0, 0.05) is 10.7 Å². The van der Waals surface area contributed by atoms with Gasteiger partial charge in [-0.1, -0.05) is 23.4 Å². The van der Waals surface area contributed by atoms with Crippen molar-refractivity contribution < 1.29 is 4.79 Å². The molecule has 0 saturated heterocycles. The molecule has 0 fully saturated rings. The molecule has 0 atom stereocenters. The minimum Gasteiger partial charge on any atom is -0.370 e. The van der Waals surface area contributed by atoms with E-state index in [1.165, 1.54) is 0 Å². The lowest BCUT2D eigenvalue weighted by atomic mass is 10.3. The first-order valence-corrected chi connectivity index (χ1v) is 6.20. The van der Waals surface area contributed by atoms with Crippen LogP contribution in [0.2, 0.25) is 5.02 Å². The second-order valence-electron chi connectivity index (χ2n) is 3.19. The number of thioether (sulfide) groups is 1. The fraction of sp³-hybridized carbons (Fsp3) is 0.100. The SMILES string of the molecule is N=C(N=C(N)N)SCC(=O)Nc1ccc(Cl)cc1. The number of anilines is 1. The van der Waals surface area contributed by atoms with Gasteiger partial charge in [0.05, 0.1) is 5.75 Å². The molecule has 1 aromatic carbocycles. The topological polar surface area (TPSA) is 117 Å². The summed E-state index contributed by atoms with van der Waals surface area (Å²) >= 11 is 6.65. The summed E-state index contributed by atoms with van der Waals surface area (Å²) in [5.41, 5.74) is 10.8. The lowest BCUT2D eigenvalue weighted by molar-refractivity contribution is -0.113. The fourth-order valence-corrected chi connectivity index (χ4v) is 1.65. The van der Waals surface area contributed by atoms with Gasteiger partial charge in [-0.25, -0.2) is 0 Å². The van der Waals surface area contributed by atoms with Gasteiger partial charge in [0.1, 0.15) is 0 Å². The number of benzene rings is 1. The van der Waals surface area contributed by atoms with E-state index < -0.39 is 0 Å². The van der Waals surface area contributed by atoms with Crippen molar-refractivity contribution in [3.8, 4) is 0 Å². The number of carbonyl (C=O) groups excluding carboxylic acids is 1. The maximum Gasteiger partial charge on any atom is 0.234 e. The number of nitrogens with one attached hydrogen (secondary N) is 2. The van der Waals surface area contributed by atoms with E-state index in [1.54, 1.807) is 24.3 Å². The van der Waals surface area contributed by atoms with E-state index >= 15 is 0 Å². The van der Waals surface area contributed by atoms with Crippen LogP contribution in [0.1, 0.15) is 0 Å².